The highest BCUT2D eigenvalue weighted by Gasteiger charge is 2.03. The molecule has 0 saturated carbocycles. The SMILES string of the molecule is C=C1C=CC=CN1/C=C(\C)C(C)C. The van der Waals surface area contributed by atoms with Gasteiger partial charge in [-0.1, -0.05) is 32.1 Å². The third kappa shape index (κ3) is 2.62. The molecule has 0 aromatic rings. The van der Waals surface area contributed by atoms with Crippen LogP contribution in [0, 0.1) is 5.92 Å². The number of hydrogen-bond acceptors (Lipinski definition) is 1. The Morgan fingerprint density at radius 1 is 1.46 bits per heavy atom. The van der Waals surface area contributed by atoms with E-state index in [9.17, 15) is 0 Å². The molecule has 0 N–H and O–H groups in total. The minimum Gasteiger partial charge on any atom is -0.325 e. The van der Waals surface area contributed by atoms with E-state index in [0.717, 1.165) is 5.70 Å². The van der Waals surface area contributed by atoms with E-state index < -0.39 is 0 Å². The van der Waals surface area contributed by atoms with Gasteiger partial charge >= 0.3 is 0 Å². The molecular formula is C12H17N. The second-order valence-electron chi connectivity index (χ2n) is 3.63. The summed E-state index contributed by atoms with van der Waals surface area (Å²) in [6.07, 6.45) is 10.2. The van der Waals surface area contributed by atoms with E-state index in [1.165, 1.54) is 5.57 Å². The molecule has 0 saturated heterocycles. The van der Waals surface area contributed by atoms with Gasteiger partial charge in [-0.05, 0) is 25.0 Å². The van der Waals surface area contributed by atoms with Crippen LogP contribution in [-0.4, -0.2) is 4.90 Å². The van der Waals surface area contributed by atoms with Crippen LogP contribution in [0.25, 0.3) is 0 Å². The molecule has 0 amide bonds. The average molecular weight is 175 g/mol. The van der Waals surface area contributed by atoms with Gasteiger partial charge < -0.3 is 4.90 Å². The van der Waals surface area contributed by atoms with Crippen LogP contribution < -0.4 is 0 Å². The smallest absolute Gasteiger partial charge is 0.0377 e. The van der Waals surface area contributed by atoms with Gasteiger partial charge in [-0.2, -0.15) is 0 Å². The summed E-state index contributed by atoms with van der Waals surface area (Å²) in [5.41, 5.74) is 2.38. The molecular weight excluding hydrogens is 158 g/mol. The Balaban J connectivity index is 2.74. The third-order valence-electron chi connectivity index (χ3n) is 2.23. The molecule has 0 aliphatic carbocycles. The third-order valence-corrected chi connectivity index (χ3v) is 2.23. The maximum Gasteiger partial charge on any atom is 0.0377 e. The summed E-state index contributed by atoms with van der Waals surface area (Å²) in [5, 5.41) is 0. The van der Waals surface area contributed by atoms with Crippen LogP contribution in [0.4, 0.5) is 0 Å². The highest BCUT2D eigenvalue weighted by atomic mass is 15.1. The Labute approximate surface area is 80.7 Å². The molecule has 1 heteroatoms. The van der Waals surface area contributed by atoms with Gasteiger partial charge in [0.25, 0.3) is 0 Å². The highest BCUT2D eigenvalue weighted by molar-refractivity contribution is 5.28. The van der Waals surface area contributed by atoms with Crippen LogP contribution >= 0.6 is 0 Å². The molecule has 0 aromatic carbocycles. The zero-order valence-electron chi connectivity index (χ0n) is 8.62. The summed E-state index contributed by atoms with van der Waals surface area (Å²) < 4.78 is 0. The molecule has 0 fully saturated rings. The van der Waals surface area contributed by atoms with Gasteiger partial charge in [0, 0.05) is 18.1 Å². The maximum atomic E-state index is 3.95. The van der Waals surface area contributed by atoms with Crippen molar-refractivity contribution >= 4 is 0 Å². The van der Waals surface area contributed by atoms with Crippen molar-refractivity contribution in [3.63, 3.8) is 0 Å². The lowest BCUT2D eigenvalue weighted by Gasteiger charge is -2.20. The minimum absolute atomic E-state index is 0.590. The lowest BCUT2D eigenvalue weighted by molar-refractivity contribution is 0.620. The van der Waals surface area contributed by atoms with Crippen LogP contribution in [0.3, 0.4) is 0 Å². The number of nitrogens with zero attached hydrogens (tertiary/aromatic N) is 1. The fourth-order valence-corrected chi connectivity index (χ4v) is 0.985. The van der Waals surface area contributed by atoms with E-state index in [1.54, 1.807) is 0 Å². The normalized spacial score (nSPS) is 17.4. The van der Waals surface area contributed by atoms with Gasteiger partial charge in [0.2, 0.25) is 0 Å². The quantitative estimate of drug-likeness (QED) is 0.621. The van der Waals surface area contributed by atoms with E-state index in [0.29, 0.717) is 5.92 Å². The average Bonchev–Trinajstić information content (AvgIpc) is 2.08. The van der Waals surface area contributed by atoms with E-state index in [-0.39, 0.29) is 0 Å². The van der Waals surface area contributed by atoms with Crippen LogP contribution in [0.15, 0.2) is 48.5 Å². The van der Waals surface area contributed by atoms with Crippen molar-refractivity contribution in [2.45, 2.75) is 20.8 Å². The van der Waals surface area contributed by atoms with Gasteiger partial charge in [-0.3, -0.25) is 0 Å². The van der Waals surface area contributed by atoms with Crippen molar-refractivity contribution in [1.29, 1.82) is 0 Å². The Bertz CT molecular complexity index is 279. The zero-order valence-corrected chi connectivity index (χ0v) is 8.62. The Morgan fingerprint density at radius 2 is 2.15 bits per heavy atom. The molecule has 0 spiro atoms. The molecule has 0 radical (unpaired) electrons. The zero-order chi connectivity index (χ0) is 9.84. The molecule has 1 aliphatic heterocycles. The molecule has 0 unspecified atom stereocenters. The van der Waals surface area contributed by atoms with Crippen molar-refractivity contribution in [2.24, 2.45) is 5.92 Å². The molecule has 0 atom stereocenters. The standard InChI is InChI=1S/C12H17N/c1-10(2)11(3)9-13-8-6-5-7-12(13)4/h5-10H,4H2,1-3H3/b11-9+. The Hall–Kier alpha value is -1.24. The number of allylic oxidation sites excluding steroid dienone is 4. The monoisotopic (exact) mass is 175 g/mol. The molecule has 0 bridgehead atoms. The van der Waals surface area contributed by atoms with Crippen LogP contribution in [0.2, 0.25) is 0 Å². The fraction of sp³-hybridized carbons (Fsp3) is 0.333. The summed E-state index contributed by atoms with van der Waals surface area (Å²) in [6, 6.07) is 0. The first-order valence-corrected chi connectivity index (χ1v) is 4.61. The van der Waals surface area contributed by atoms with Crippen LogP contribution in [0.5, 0.6) is 0 Å². The van der Waals surface area contributed by atoms with Crippen molar-refractivity contribution in [2.75, 3.05) is 0 Å². The minimum atomic E-state index is 0.590. The maximum absolute atomic E-state index is 3.95. The second-order valence-corrected chi connectivity index (χ2v) is 3.63. The molecule has 0 aromatic heterocycles. The van der Waals surface area contributed by atoms with E-state index >= 15 is 0 Å². The first-order valence-electron chi connectivity index (χ1n) is 4.61. The summed E-state index contributed by atoms with van der Waals surface area (Å²) in [5.74, 6) is 0.590. The van der Waals surface area contributed by atoms with Gasteiger partial charge in [0.05, 0.1) is 0 Å². The highest BCUT2D eigenvalue weighted by Crippen LogP contribution is 2.15. The lowest BCUT2D eigenvalue weighted by atomic mass is 10.1. The van der Waals surface area contributed by atoms with E-state index in [2.05, 4.69) is 38.5 Å². The molecule has 13 heavy (non-hydrogen) atoms. The lowest BCUT2D eigenvalue weighted by Crippen LogP contribution is -2.10. The summed E-state index contributed by atoms with van der Waals surface area (Å²) in [4.78, 5) is 2.05. The van der Waals surface area contributed by atoms with Gasteiger partial charge in [0.15, 0.2) is 0 Å². The molecule has 1 aliphatic rings. The van der Waals surface area contributed by atoms with E-state index in [1.807, 2.05) is 24.4 Å². The topological polar surface area (TPSA) is 3.24 Å². The molecule has 70 valence electrons. The Kier molecular flexibility index (Phi) is 3.13. The predicted octanol–water partition coefficient (Wildman–Crippen LogP) is 3.45. The van der Waals surface area contributed by atoms with E-state index in [4.69, 9.17) is 0 Å². The van der Waals surface area contributed by atoms with Gasteiger partial charge in [0.1, 0.15) is 0 Å². The first-order chi connectivity index (χ1) is 6.11. The van der Waals surface area contributed by atoms with Crippen LogP contribution in [-0.2, 0) is 0 Å². The van der Waals surface area contributed by atoms with Gasteiger partial charge in [-0.25, -0.2) is 0 Å². The summed E-state index contributed by atoms with van der Waals surface area (Å²) >= 11 is 0. The van der Waals surface area contributed by atoms with Crippen molar-refractivity contribution in [1.82, 2.24) is 4.90 Å². The Morgan fingerprint density at radius 3 is 2.69 bits per heavy atom. The van der Waals surface area contributed by atoms with Gasteiger partial charge in [-0.15, -0.1) is 0 Å². The number of rotatable bonds is 2. The fourth-order valence-electron chi connectivity index (χ4n) is 0.985. The second kappa shape index (κ2) is 4.13. The number of hydrogen-bond donors (Lipinski definition) is 0. The van der Waals surface area contributed by atoms with Crippen molar-refractivity contribution < 1.29 is 0 Å². The summed E-state index contributed by atoms with van der Waals surface area (Å²) in [6.45, 7) is 10.5. The molecule has 1 heterocycles. The largest absolute Gasteiger partial charge is 0.325 e. The van der Waals surface area contributed by atoms with Crippen LogP contribution in [0.1, 0.15) is 20.8 Å². The van der Waals surface area contributed by atoms with Crippen molar-refractivity contribution in [3.05, 3.63) is 48.5 Å². The summed E-state index contributed by atoms with van der Waals surface area (Å²) in [7, 11) is 0. The molecule has 1 nitrogen and oxygen atoms in total. The molecule has 1 rings (SSSR count). The first kappa shape index (κ1) is 9.85. The predicted molar refractivity (Wildman–Crippen MR) is 57.9 cm³/mol. The van der Waals surface area contributed by atoms with Crippen molar-refractivity contribution in [3.8, 4) is 0 Å².